The number of hydrogen-bond acceptors (Lipinski definition) is 7. The Morgan fingerprint density at radius 3 is 2.38 bits per heavy atom. The van der Waals surface area contributed by atoms with E-state index < -0.39 is 0 Å². The predicted molar refractivity (Wildman–Crippen MR) is 155 cm³/mol. The van der Waals surface area contributed by atoms with Crippen LogP contribution in [0.15, 0.2) is 53.6 Å². The van der Waals surface area contributed by atoms with Gasteiger partial charge >= 0.3 is 0 Å². The Kier molecular flexibility index (Phi) is 9.81. The minimum absolute atomic E-state index is 0.0264. The number of amides is 2. The Labute approximate surface area is 237 Å². The van der Waals surface area contributed by atoms with Gasteiger partial charge in [-0.25, -0.2) is 5.01 Å². The van der Waals surface area contributed by atoms with Gasteiger partial charge in [-0.1, -0.05) is 39.0 Å². The van der Waals surface area contributed by atoms with Crippen molar-refractivity contribution in [2.24, 2.45) is 10.5 Å². The molecule has 2 aliphatic rings. The highest BCUT2D eigenvalue weighted by Crippen LogP contribution is 2.37. The Morgan fingerprint density at radius 1 is 1.02 bits per heavy atom. The summed E-state index contributed by atoms with van der Waals surface area (Å²) in [6, 6.07) is 15.0. The molecule has 0 bridgehead atoms. The van der Waals surface area contributed by atoms with Crippen LogP contribution >= 0.6 is 0 Å². The monoisotopic (exact) mass is 550 g/mol. The van der Waals surface area contributed by atoms with Crippen molar-refractivity contribution in [3.8, 4) is 11.5 Å². The van der Waals surface area contributed by atoms with Gasteiger partial charge in [-0.15, -0.1) is 0 Å². The molecule has 2 aromatic carbocycles. The topological polar surface area (TPSA) is 83.9 Å². The van der Waals surface area contributed by atoms with Crippen molar-refractivity contribution >= 4 is 17.5 Å². The first-order valence-corrected chi connectivity index (χ1v) is 13.9. The second kappa shape index (κ2) is 13.3. The fraction of sp³-hybridized carbons (Fsp3) is 0.516. The Hall–Kier alpha value is -3.43. The number of carbonyl (C=O) groups excluding carboxylic acids is 2. The lowest BCUT2D eigenvalue weighted by Crippen LogP contribution is -2.47. The van der Waals surface area contributed by atoms with E-state index in [4.69, 9.17) is 19.3 Å². The summed E-state index contributed by atoms with van der Waals surface area (Å²) < 4.78 is 16.4. The van der Waals surface area contributed by atoms with Gasteiger partial charge in [-0.3, -0.25) is 14.5 Å². The van der Waals surface area contributed by atoms with Crippen LogP contribution in [0.4, 0.5) is 0 Å². The van der Waals surface area contributed by atoms with Crippen LogP contribution in [0.25, 0.3) is 0 Å². The van der Waals surface area contributed by atoms with E-state index in [0.717, 1.165) is 35.7 Å². The highest BCUT2D eigenvalue weighted by Gasteiger charge is 2.36. The number of methoxy groups -OCH3 is 2. The molecule has 1 saturated heterocycles. The second-order valence-corrected chi connectivity index (χ2v) is 11.5. The van der Waals surface area contributed by atoms with E-state index in [-0.39, 0.29) is 29.8 Å². The molecule has 0 radical (unpaired) electrons. The Morgan fingerprint density at radius 2 is 1.73 bits per heavy atom. The van der Waals surface area contributed by atoms with Crippen LogP contribution < -0.4 is 9.47 Å². The molecule has 2 aliphatic heterocycles. The van der Waals surface area contributed by atoms with E-state index in [2.05, 4.69) is 4.90 Å². The molecule has 9 heteroatoms. The maximum Gasteiger partial charge on any atom is 0.262 e. The van der Waals surface area contributed by atoms with Crippen molar-refractivity contribution in [2.75, 3.05) is 60.2 Å². The molecule has 0 aromatic heterocycles. The number of ether oxygens (including phenoxy) is 3. The lowest BCUT2D eigenvalue weighted by molar-refractivity contribution is -0.142. The molecule has 0 unspecified atom stereocenters. The molecule has 2 heterocycles. The van der Waals surface area contributed by atoms with Gasteiger partial charge in [-0.2, -0.15) is 5.10 Å². The Bertz CT molecular complexity index is 1180. The van der Waals surface area contributed by atoms with Crippen molar-refractivity contribution in [2.45, 2.75) is 39.7 Å². The van der Waals surface area contributed by atoms with Crippen LogP contribution in [0.2, 0.25) is 0 Å². The molecule has 40 heavy (non-hydrogen) atoms. The van der Waals surface area contributed by atoms with Gasteiger partial charge < -0.3 is 19.1 Å². The molecule has 0 N–H and O–H groups in total. The third kappa shape index (κ3) is 7.61. The number of rotatable bonds is 10. The van der Waals surface area contributed by atoms with E-state index in [1.807, 2.05) is 69.3 Å². The first-order valence-electron chi connectivity index (χ1n) is 13.9. The summed E-state index contributed by atoms with van der Waals surface area (Å²) in [7, 11) is 3.26. The fourth-order valence-electron chi connectivity index (χ4n) is 5.06. The number of morpholine rings is 1. The van der Waals surface area contributed by atoms with Crippen LogP contribution in [0.5, 0.6) is 11.5 Å². The largest absolute Gasteiger partial charge is 0.497 e. The minimum Gasteiger partial charge on any atom is -0.497 e. The van der Waals surface area contributed by atoms with E-state index in [1.165, 1.54) is 0 Å². The van der Waals surface area contributed by atoms with Crippen molar-refractivity contribution in [3.63, 3.8) is 0 Å². The van der Waals surface area contributed by atoms with E-state index in [9.17, 15) is 9.59 Å². The first-order chi connectivity index (χ1) is 19.2. The van der Waals surface area contributed by atoms with Crippen LogP contribution in [-0.4, -0.2) is 92.5 Å². The SMILES string of the molecule is COc1ccc(C2=NN(C(=O)CN(CCN3CCOCC3)C(=O)CC(C)(C)C)[C@@H](c3ccccc3OC)C2)cc1. The van der Waals surface area contributed by atoms with Crippen molar-refractivity contribution in [1.29, 1.82) is 0 Å². The average molecular weight is 551 g/mol. The highest BCUT2D eigenvalue weighted by atomic mass is 16.5. The van der Waals surface area contributed by atoms with Gasteiger partial charge in [0.1, 0.15) is 18.0 Å². The summed E-state index contributed by atoms with van der Waals surface area (Å²) in [6.07, 6.45) is 0.891. The molecule has 2 amide bonds. The third-order valence-electron chi connectivity index (χ3n) is 7.24. The smallest absolute Gasteiger partial charge is 0.262 e. The number of hydrogen-bond donors (Lipinski definition) is 0. The van der Waals surface area contributed by atoms with E-state index in [0.29, 0.717) is 44.9 Å². The van der Waals surface area contributed by atoms with Gasteiger partial charge in [0.05, 0.1) is 39.2 Å². The summed E-state index contributed by atoms with van der Waals surface area (Å²) in [5, 5.41) is 6.37. The zero-order valence-corrected chi connectivity index (χ0v) is 24.4. The lowest BCUT2D eigenvalue weighted by Gasteiger charge is -2.32. The summed E-state index contributed by atoms with van der Waals surface area (Å²) in [5.41, 5.74) is 2.41. The summed E-state index contributed by atoms with van der Waals surface area (Å²) in [6.45, 7) is 10.3. The van der Waals surface area contributed by atoms with Gasteiger partial charge in [0.2, 0.25) is 5.91 Å². The van der Waals surface area contributed by atoms with E-state index in [1.54, 1.807) is 24.1 Å². The molecule has 0 aliphatic carbocycles. The van der Waals surface area contributed by atoms with Crippen molar-refractivity contribution in [3.05, 3.63) is 59.7 Å². The van der Waals surface area contributed by atoms with Gasteiger partial charge in [0, 0.05) is 44.6 Å². The molecule has 216 valence electrons. The first kappa shape index (κ1) is 29.6. The molecular weight excluding hydrogens is 508 g/mol. The zero-order valence-electron chi connectivity index (χ0n) is 24.4. The maximum atomic E-state index is 14.0. The van der Waals surface area contributed by atoms with Gasteiger partial charge in [0.15, 0.2) is 0 Å². The van der Waals surface area contributed by atoms with Gasteiger partial charge in [-0.05, 0) is 41.3 Å². The molecule has 1 fully saturated rings. The van der Waals surface area contributed by atoms with Crippen molar-refractivity contribution < 1.29 is 23.8 Å². The summed E-state index contributed by atoms with van der Waals surface area (Å²) >= 11 is 0. The quantitative estimate of drug-likeness (QED) is 0.445. The van der Waals surface area contributed by atoms with E-state index >= 15 is 0 Å². The van der Waals surface area contributed by atoms with Crippen LogP contribution in [0, 0.1) is 5.41 Å². The number of nitrogens with zero attached hydrogens (tertiary/aromatic N) is 4. The normalized spacial score (nSPS) is 17.9. The summed E-state index contributed by atoms with van der Waals surface area (Å²) in [5.74, 6) is 1.21. The molecule has 0 spiro atoms. The highest BCUT2D eigenvalue weighted by molar-refractivity contribution is 6.03. The zero-order chi connectivity index (χ0) is 28.7. The van der Waals surface area contributed by atoms with Gasteiger partial charge in [0.25, 0.3) is 5.91 Å². The number of carbonyl (C=O) groups is 2. The fourth-order valence-corrected chi connectivity index (χ4v) is 5.06. The third-order valence-corrected chi connectivity index (χ3v) is 7.24. The predicted octanol–water partition coefficient (Wildman–Crippen LogP) is 3.98. The number of para-hydroxylation sites is 1. The number of benzene rings is 2. The standard InChI is InChI=1S/C31H42N4O5/c1-31(2,3)21-29(36)34(15-14-33-16-18-40-19-17-33)22-30(37)35-27(25-8-6-7-9-28(25)39-5)20-26(32-35)23-10-12-24(38-4)13-11-23/h6-13,27H,14-22H2,1-5H3/t27-/m1/s1. The molecule has 2 aromatic rings. The minimum atomic E-state index is -0.348. The van der Waals surface area contributed by atoms with Crippen LogP contribution in [0.3, 0.4) is 0 Å². The molecule has 4 rings (SSSR count). The molecule has 0 saturated carbocycles. The molecule has 9 nitrogen and oxygen atoms in total. The Balaban J connectivity index is 1.60. The maximum absolute atomic E-state index is 14.0. The average Bonchev–Trinajstić information content (AvgIpc) is 3.40. The lowest BCUT2D eigenvalue weighted by atomic mass is 9.91. The van der Waals surface area contributed by atoms with Crippen LogP contribution in [-0.2, 0) is 14.3 Å². The molecule has 1 atom stereocenters. The summed E-state index contributed by atoms with van der Waals surface area (Å²) in [4.78, 5) is 31.4. The second-order valence-electron chi connectivity index (χ2n) is 11.5. The van der Waals surface area contributed by atoms with Crippen molar-refractivity contribution in [1.82, 2.24) is 14.8 Å². The number of hydrazone groups is 1. The van der Waals surface area contributed by atoms with Crippen LogP contribution in [0.1, 0.15) is 50.8 Å². The molecular formula is C31H42N4O5.